The third-order valence-electron chi connectivity index (χ3n) is 2.92. The number of rotatable bonds is 5. The summed E-state index contributed by atoms with van der Waals surface area (Å²) in [5.41, 5.74) is 0. The van der Waals surface area contributed by atoms with Crippen LogP contribution in [0.1, 0.15) is 25.6 Å². The molecule has 0 aliphatic carbocycles. The molecule has 0 aliphatic heterocycles. The molecule has 0 fully saturated rings. The average Bonchev–Trinajstić information content (AvgIpc) is 2.79. The van der Waals surface area contributed by atoms with Gasteiger partial charge in [0.1, 0.15) is 0 Å². The zero-order valence-electron chi connectivity index (χ0n) is 11.3. The van der Waals surface area contributed by atoms with Gasteiger partial charge in [-0.1, -0.05) is 37.2 Å². The predicted octanol–water partition coefficient (Wildman–Crippen LogP) is 1.43. The Bertz CT molecular complexity index is 729. The summed E-state index contributed by atoms with van der Waals surface area (Å²) in [6, 6.07) is 8.15. The molecule has 0 saturated heterocycles. The van der Waals surface area contributed by atoms with Gasteiger partial charge in [-0.15, -0.1) is 0 Å². The fourth-order valence-electron chi connectivity index (χ4n) is 1.86. The van der Waals surface area contributed by atoms with Gasteiger partial charge in [-0.05, 0) is 12.1 Å². The molecule has 108 valence electrons. The highest BCUT2D eigenvalue weighted by Crippen LogP contribution is 2.13. The van der Waals surface area contributed by atoms with E-state index < -0.39 is 15.6 Å². The van der Waals surface area contributed by atoms with E-state index in [1.54, 1.807) is 18.2 Å². The lowest BCUT2D eigenvalue weighted by Crippen LogP contribution is -2.23. The van der Waals surface area contributed by atoms with Crippen molar-refractivity contribution in [3.8, 4) is 0 Å². The molecule has 0 atom stereocenters. The zero-order valence-corrected chi connectivity index (χ0v) is 12.1. The number of nitrogens with zero attached hydrogens (tertiary/aromatic N) is 2. The average molecular weight is 296 g/mol. The summed E-state index contributed by atoms with van der Waals surface area (Å²) in [5.74, 6) is -0.353. The number of benzene rings is 1. The van der Waals surface area contributed by atoms with Crippen molar-refractivity contribution in [2.75, 3.05) is 5.75 Å². The highest BCUT2D eigenvalue weighted by Gasteiger charge is 2.18. The predicted molar refractivity (Wildman–Crippen MR) is 73.3 cm³/mol. The van der Waals surface area contributed by atoms with Gasteiger partial charge in [-0.2, -0.15) is 0 Å². The maximum atomic E-state index is 12.2. The van der Waals surface area contributed by atoms with Crippen molar-refractivity contribution in [1.29, 1.82) is 0 Å². The van der Waals surface area contributed by atoms with Crippen LogP contribution in [0.3, 0.4) is 0 Å². The van der Waals surface area contributed by atoms with E-state index in [0.717, 1.165) is 0 Å². The molecule has 2 rings (SSSR count). The van der Waals surface area contributed by atoms with Crippen LogP contribution in [0.5, 0.6) is 0 Å². The number of aromatic nitrogens is 2. The molecule has 20 heavy (non-hydrogen) atoms. The van der Waals surface area contributed by atoms with Crippen LogP contribution in [-0.2, 0) is 16.4 Å². The Hall–Kier alpha value is -1.89. The first-order chi connectivity index (χ1) is 9.42. The van der Waals surface area contributed by atoms with E-state index >= 15 is 0 Å². The molecule has 1 aromatic carbocycles. The van der Waals surface area contributed by atoms with E-state index in [9.17, 15) is 13.2 Å². The summed E-state index contributed by atoms with van der Waals surface area (Å²) < 4.78 is 30.2. The molecule has 2 aromatic rings. The molecule has 0 radical (unpaired) electrons. The molecular formula is C13H16N2O4S. The Morgan fingerprint density at radius 3 is 2.50 bits per heavy atom. The minimum Gasteiger partial charge on any atom is -0.296 e. The highest BCUT2D eigenvalue weighted by molar-refractivity contribution is 7.91. The number of hydrogen-bond donors (Lipinski definition) is 0. The van der Waals surface area contributed by atoms with E-state index in [-0.39, 0.29) is 23.1 Å². The fraction of sp³-hybridized carbons (Fsp3) is 0.385. The van der Waals surface area contributed by atoms with Crippen LogP contribution in [0.2, 0.25) is 0 Å². The van der Waals surface area contributed by atoms with E-state index in [1.165, 1.54) is 16.7 Å². The van der Waals surface area contributed by atoms with Gasteiger partial charge in [0.25, 0.3) is 0 Å². The zero-order chi connectivity index (χ0) is 14.8. The van der Waals surface area contributed by atoms with Gasteiger partial charge in [0.2, 0.25) is 0 Å². The van der Waals surface area contributed by atoms with Gasteiger partial charge in [-0.25, -0.2) is 13.2 Å². The highest BCUT2D eigenvalue weighted by atomic mass is 32.2. The second kappa shape index (κ2) is 5.62. The van der Waals surface area contributed by atoms with Crippen LogP contribution in [0.25, 0.3) is 0 Å². The SMILES string of the molecule is CC(C)c1noc(=O)n1CCS(=O)(=O)c1ccccc1. The maximum absolute atomic E-state index is 12.2. The van der Waals surface area contributed by atoms with Gasteiger partial charge < -0.3 is 0 Å². The molecule has 1 aromatic heterocycles. The number of sulfone groups is 1. The van der Waals surface area contributed by atoms with E-state index in [2.05, 4.69) is 9.68 Å². The van der Waals surface area contributed by atoms with Crippen molar-refractivity contribution in [2.45, 2.75) is 31.2 Å². The summed E-state index contributed by atoms with van der Waals surface area (Å²) in [7, 11) is -3.42. The molecular weight excluding hydrogens is 280 g/mol. The first-order valence-electron chi connectivity index (χ1n) is 6.26. The van der Waals surface area contributed by atoms with Gasteiger partial charge in [0, 0.05) is 12.5 Å². The minimum absolute atomic E-state index is 0.0131. The Morgan fingerprint density at radius 2 is 1.90 bits per heavy atom. The van der Waals surface area contributed by atoms with E-state index in [1.807, 2.05) is 13.8 Å². The largest absolute Gasteiger partial charge is 0.441 e. The molecule has 0 bridgehead atoms. The first-order valence-corrected chi connectivity index (χ1v) is 7.91. The van der Waals surface area contributed by atoms with Gasteiger partial charge >= 0.3 is 5.76 Å². The number of hydrogen-bond acceptors (Lipinski definition) is 5. The monoisotopic (exact) mass is 296 g/mol. The van der Waals surface area contributed by atoms with E-state index in [0.29, 0.717) is 5.82 Å². The van der Waals surface area contributed by atoms with Crippen LogP contribution >= 0.6 is 0 Å². The molecule has 0 saturated carbocycles. The Labute approximate surface area is 116 Å². The Morgan fingerprint density at radius 1 is 1.25 bits per heavy atom. The molecule has 0 N–H and O–H groups in total. The maximum Gasteiger partial charge on any atom is 0.441 e. The Kier molecular flexibility index (Phi) is 4.08. The second-order valence-corrected chi connectivity index (χ2v) is 6.85. The molecule has 6 nitrogen and oxygen atoms in total. The van der Waals surface area contributed by atoms with Crippen molar-refractivity contribution in [2.24, 2.45) is 0 Å². The smallest absolute Gasteiger partial charge is 0.296 e. The van der Waals surface area contributed by atoms with Gasteiger partial charge in [0.05, 0.1) is 10.6 Å². The first kappa shape index (κ1) is 14.5. The summed E-state index contributed by atoms with van der Waals surface area (Å²) in [6.45, 7) is 3.76. The van der Waals surface area contributed by atoms with Crippen LogP contribution < -0.4 is 5.76 Å². The molecule has 0 spiro atoms. The third kappa shape index (κ3) is 2.98. The fourth-order valence-corrected chi connectivity index (χ4v) is 3.09. The van der Waals surface area contributed by atoms with Crippen molar-refractivity contribution in [3.05, 3.63) is 46.7 Å². The normalized spacial score (nSPS) is 11.9. The van der Waals surface area contributed by atoms with Gasteiger partial charge in [0.15, 0.2) is 15.7 Å². The van der Waals surface area contributed by atoms with Crippen LogP contribution in [0.4, 0.5) is 0 Å². The lowest BCUT2D eigenvalue weighted by molar-refractivity contribution is 0.373. The van der Waals surface area contributed by atoms with Crippen molar-refractivity contribution >= 4 is 9.84 Å². The quantitative estimate of drug-likeness (QED) is 0.833. The van der Waals surface area contributed by atoms with Crippen molar-refractivity contribution < 1.29 is 12.9 Å². The molecule has 0 aliphatic rings. The third-order valence-corrected chi connectivity index (χ3v) is 4.63. The molecule has 0 unspecified atom stereocenters. The minimum atomic E-state index is -3.42. The lowest BCUT2D eigenvalue weighted by atomic mass is 10.2. The summed E-state index contributed by atoms with van der Waals surface area (Å²) in [4.78, 5) is 11.8. The molecule has 0 amide bonds. The van der Waals surface area contributed by atoms with E-state index in [4.69, 9.17) is 0 Å². The summed E-state index contributed by atoms with van der Waals surface area (Å²) in [6.07, 6.45) is 0. The molecule has 7 heteroatoms. The van der Waals surface area contributed by atoms with Crippen molar-refractivity contribution in [3.63, 3.8) is 0 Å². The second-order valence-electron chi connectivity index (χ2n) is 4.74. The summed E-state index contributed by atoms with van der Waals surface area (Å²) in [5, 5.41) is 3.67. The van der Waals surface area contributed by atoms with Crippen LogP contribution in [-0.4, -0.2) is 23.9 Å². The lowest BCUT2D eigenvalue weighted by Gasteiger charge is -2.07. The Balaban J connectivity index is 2.21. The topological polar surface area (TPSA) is 82.2 Å². The van der Waals surface area contributed by atoms with Crippen molar-refractivity contribution in [1.82, 2.24) is 9.72 Å². The molecule has 1 heterocycles. The van der Waals surface area contributed by atoms with Crippen LogP contribution in [0.15, 0.2) is 44.5 Å². The van der Waals surface area contributed by atoms with Crippen LogP contribution in [0, 0.1) is 0 Å². The summed E-state index contributed by atoms with van der Waals surface area (Å²) >= 11 is 0. The standard InChI is InChI=1S/C13H16N2O4S/c1-10(2)12-14-19-13(16)15(12)8-9-20(17,18)11-6-4-3-5-7-11/h3-7,10H,8-9H2,1-2H3. The van der Waals surface area contributed by atoms with Gasteiger partial charge in [-0.3, -0.25) is 9.09 Å².